The Morgan fingerprint density at radius 3 is 1.42 bits per heavy atom. The largest absolute Gasteiger partial charge is 0.347 e. The number of carbonyl (C=O) groups is 6. The number of likely N-dealkylation sites (N-methyl/N-ethyl adjacent to an activating group) is 2. The van der Waals surface area contributed by atoms with E-state index in [0.29, 0.717) is 24.0 Å². The van der Waals surface area contributed by atoms with E-state index in [-0.39, 0.29) is 65.4 Å². The van der Waals surface area contributed by atoms with Crippen LogP contribution in [0.5, 0.6) is 0 Å². The molecule has 2 aliphatic heterocycles. The van der Waals surface area contributed by atoms with Crippen molar-refractivity contribution >= 4 is 55.3 Å². The molecule has 2 heterocycles. The predicted octanol–water partition coefficient (Wildman–Crippen LogP) is 5.26. The summed E-state index contributed by atoms with van der Waals surface area (Å²) in [6.07, 6.45) is 4.97. The zero-order valence-electron chi connectivity index (χ0n) is 50.1. The second-order valence-corrected chi connectivity index (χ2v) is 29.2. The minimum Gasteiger partial charge on any atom is -0.347 e. The van der Waals surface area contributed by atoms with Gasteiger partial charge in [-0.15, -0.1) is 0 Å². The van der Waals surface area contributed by atoms with Crippen molar-refractivity contribution in [3.05, 3.63) is 119 Å². The second kappa shape index (κ2) is 26.0. The van der Waals surface area contributed by atoms with Crippen molar-refractivity contribution in [3.63, 3.8) is 0 Å². The summed E-state index contributed by atoms with van der Waals surface area (Å²) in [6, 6.07) is 21.4. The molecule has 7 N–H and O–H groups in total. The summed E-state index contributed by atoms with van der Waals surface area (Å²) in [5, 5.41) is 17.9. The van der Waals surface area contributed by atoms with Crippen molar-refractivity contribution in [2.24, 2.45) is 16.7 Å². The Morgan fingerprint density at radius 1 is 0.560 bits per heavy atom. The maximum atomic E-state index is 14.7. The quantitative estimate of drug-likeness (QED) is 0.0635. The average molecular weight is 1190 g/mol. The van der Waals surface area contributed by atoms with Crippen molar-refractivity contribution in [1.29, 1.82) is 0 Å². The maximum Gasteiger partial charge on any atom is 0.246 e. The third-order valence-corrected chi connectivity index (χ3v) is 20.6. The smallest absolute Gasteiger partial charge is 0.246 e. The minimum absolute atomic E-state index is 0.0208. The fraction of sp³-hybridized carbons (Fsp3) is 0.524. The van der Waals surface area contributed by atoms with Crippen molar-refractivity contribution in [3.8, 4) is 11.1 Å². The Balaban J connectivity index is 0.967. The third kappa shape index (κ3) is 14.6. The third-order valence-electron chi connectivity index (χ3n) is 17.2. The number of amides is 6. The fourth-order valence-electron chi connectivity index (χ4n) is 12.1. The molecule has 6 amide bonds. The molecule has 21 heteroatoms. The fourth-order valence-corrected chi connectivity index (χ4v) is 14.9. The standard InChI is InChI=1S/C63H85N9O10S2/c1-38(64-9)56(73)68-54(62(3,4)5)60(77)71-35-40(33-52(71)58(75)66-50-23-15-19-43-17-11-13-21-48(43)50)37-83(79,80)46-29-25-41(26-30-46)42-27-31-47(32-28-42)84(81,82)70-45-34-53(59(76)67-51-24-16-20-44-18-12-14-22-49(44)51)72(36-45)61(78)55(63(6,7)8)69-57(74)39(2)65-10/h11-14,17-18,21-22,25-32,38-40,45,50-55,64-65,70H,15-16,19-20,23-24,33-37H2,1-10H3,(H,66,75)(H,67,76)(H,68,73)(H,69,74)/t38-,39-,40-,45-,50+,51?,52-,53-,54+,55+/m0/s1. The number of carbonyl (C=O) groups excluding carboxylic acids is 6. The van der Waals surface area contributed by atoms with Crippen LogP contribution in [-0.4, -0.2) is 137 Å². The Hall–Kier alpha value is -6.52. The normalized spacial score (nSPS) is 22.4. The molecule has 0 saturated carbocycles. The van der Waals surface area contributed by atoms with E-state index < -0.39 is 103 Å². The zero-order chi connectivity index (χ0) is 61.1. The molecule has 2 fully saturated rings. The zero-order valence-corrected chi connectivity index (χ0v) is 51.7. The van der Waals surface area contributed by atoms with Crippen LogP contribution in [0.1, 0.15) is 128 Å². The first-order valence-corrected chi connectivity index (χ1v) is 32.5. The van der Waals surface area contributed by atoms with Crippen molar-refractivity contribution in [2.45, 2.75) is 171 Å². The summed E-state index contributed by atoms with van der Waals surface area (Å²) in [7, 11) is -4.96. The topological polar surface area (TPSA) is 261 Å². The van der Waals surface area contributed by atoms with Gasteiger partial charge in [-0.2, -0.15) is 0 Å². The van der Waals surface area contributed by atoms with Crippen LogP contribution in [-0.2, 0) is 61.5 Å². The summed E-state index contributed by atoms with van der Waals surface area (Å²) in [5.41, 5.74) is 3.97. The number of sulfonamides is 1. The molecule has 4 aromatic carbocycles. The molecule has 2 saturated heterocycles. The second-order valence-electron chi connectivity index (χ2n) is 25.4. The highest BCUT2D eigenvalue weighted by atomic mass is 32.2. The van der Waals surface area contributed by atoms with E-state index in [2.05, 4.69) is 36.6 Å². The summed E-state index contributed by atoms with van der Waals surface area (Å²) >= 11 is 0. The monoisotopic (exact) mass is 1190 g/mol. The number of aryl methyl sites for hydroxylation is 2. The number of sulfone groups is 1. The predicted molar refractivity (Wildman–Crippen MR) is 322 cm³/mol. The van der Waals surface area contributed by atoms with Gasteiger partial charge in [-0.3, -0.25) is 28.8 Å². The number of benzene rings is 4. The molecule has 0 bridgehead atoms. The molecule has 0 aromatic heterocycles. The van der Waals surface area contributed by atoms with Gasteiger partial charge in [0.05, 0.1) is 39.7 Å². The van der Waals surface area contributed by atoms with Crippen LogP contribution < -0.4 is 36.6 Å². The van der Waals surface area contributed by atoms with E-state index in [0.717, 1.165) is 47.9 Å². The average Bonchev–Trinajstić information content (AvgIpc) is 4.08. The van der Waals surface area contributed by atoms with E-state index in [1.807, 2.05) is 90.1 Å². The van der Waals surface area contributed by atoms with Gasteiger partial charge in [0.15, 0.2) is 9.84 Å². The first-order valence-electron chi connectivity index (χ1n) is 29.4. The number of hydrogen-bond acceptors (Lipinski definition) is 12. The van der Waals surface area contributed by atoms with Gasteiger partial charge in [-0.05, 0) is 154 Å². The van der Waals surface area contributed by atoms with Crippen LogP contribution in [0.3, 0.4) is 0 Å². The number of nitrogens with one attached hydrogen (secondary N) is 7. The highest BCUT2D eigenvalue weighted by Crippen LogP contribution is 2.36. The van der Waals surface area contributed by atoms with Crippen molar-refractivity contribution in [2.75, 3.05) is 32.9 Å². The van der Waals surface area contributed by atoms with Crippen LogP contribution in [0, 0.1) is 16.7 Å². The lowest BCUT2D eigenvalue weighted by Gasteiger charge is -2.36. The molecule has 4 aromatic rings. The number of hydrogen-bond donors (Lipinski definition) is 7. The maximum absolute atomic E-state index is 14.7. The first kappa shape index (κ1) is 63.5. The minimum atomic E-state index is -4.24. The molecule has 1 unspecified atom stereocenters. The van der Waals surface area contributed by atoms with Gasteiger partial charge in [0, 0.05) is 19.1 Å². The van der Waals surface area contributed by atoms with Gasteiger partial charge in [-0.25, -0.2) is 21.6 Å². The van der Waals surface area contributed by atoms with Crippen LogP contribution in [0.4, 0.5) is 0 Å². The van der Waals surface area contributed by atoms with E-state index in [9.17, 15) is 45.6 Å². The molecule has 0 radical (unpaired) electrons. The van der Waals surface area contributed by atoms with Gasteiger partial charge < -0.3 is 41.7 Å². The van der Waals surface area contributed by atoms with Crippen LogP contribution in [0.2, 0.25) is 0 Å². The Kier molecular flexibility index (Phi) is 19.6. The lowest BCUT2D eigenvalue weighted by molar-refractivity contribution is -0.144. The van der Waals surface area contributed by atoms with E-state index in [1.54, 1.807) is 52.2 Å². The van der Waals surface area contributed by atoms with Crippen molar-refractivity contribution in [1.82, 2.24) is 46.4 Å². The highest BCUT2D eigenvalue weighted by molar-refractivity contribution is 7.91. The van der Waals surface area contributed by atoms with Crippen LogP contribution in [0.15, 0.2) is 107 Å². The lowest BCUT2D eigenvalue weighted by atomic mass is 9.85. The Labute approximate surface area is 496 Å². The molecule has 84 heavy (non-hydrogen) atoms. The molecule has 19 nitrogen and oxygen atoms in total. The summed E-state index contributed by atoms with van der Waals surface area (Å²) in [5.74, 6) is -3.55. The highest BCUT2D eigenvalue weighted by Gasteiger charge is 2.48. The summed E-state index contributed by atoms with van der Waals surface area (Å²) in [4.78, 5) is 87.4. The molecule has 8 rings (SSSR count). The van der Waals surface area contributed by atoms with Gasteiger partial charge in [0.2, 0.25) is 45.5 Å². The van der Waals surface area contributed by atoms with Gasteiger partial charge in [0.1, 0.15) is 24.2 Å². The summed E-state index contributed by atoms with van der Waals surface area (Å²) < 4.78 is 59.7. The molecule has 10 atom stereocenters. The van der Waals surface area contributed by atoms with Gasteiger partial charge in [-0.1, -0.05) is 114 Å². The Bertz CT molecular complexity index is 3090. The van der Waals surface area contributed by atoms with Crippen molar-refractivity contribution < 1.29 is 45.6 Å². The molecular weight excluding hydrogens is 1110 g/mol. The molecule has 454 valence electrons. The van der Waals surface area contributed by atoms with Gasteiger partial charge >= 0.3 is 0 Å². The van der Waals surface area contributed by atoms with Crippen LogP contribution >= 0.6 is 0 Å². The number of likely N-dealkylation sites (tertiary alicyclic amines) is 2. The molecular formula is C63H85N9O10S2. The number of rotatable bonds is 19. The molecule has 4 aliphatic rings. The SMILES string of the molecule is CN[C@@H](C)C(=O)N[C@H](C(=O)N1C[C@@H](NS(=O)(=O)c2ccc(-c3ccc(S(=O)(=O)C[C@H]4C[C@@H](C(=O)N[C@@H]5CCCc6ccccc65)N(C(=O)[C@@H](NC(=O)[C@H](C)NC)C(C)(C)C)C4)cc3)cc2)C[C@H]1C(=O)NC1CCCc2ccccc21)C(C)(C)C. The van der Waals surface area contributed by atoms with E-state index >= 15 is 0 Å². The number of fused-ring (bicyclic) bond motifs is 2. The Morgan fingerprint density at radius 2 is 0.976 bits per heavy atom. The lowest BCUT2D eigenvalue weighted by Crippen LogP contribution is -2.59. The van der Waals surface area contributed by atoms with E-state index in [1.165, 1.54) is 34.1 Å². The molecule has 2 aliphatic carbocycles. The number of nitrogens with zero attached hydrogens (tertiary/aromatic N) is 2. The summed E-state index contributed by atoms with van der Waals surface area (Å²) in [6.45, 7) is 14.1. The molecule has 0 spiro atoms. The van der Waals surface area contributed by atoms with Crippen LogP contribution in [0.25, 0.3) is 11.1 Å². The van der Waals surface area contributed by atoms with E-state index in [4.69, 9.17) is 0 Å². The van der Waals surface area contributed by atoms with Gasteiger partial charge in [0.25, 0.3) is 0 Å². The first-order chi connectivity index (χ1) is 39.6.